The molecular formula is C25H27BrF4N2O4. The van der Waals surface area contributed by atoms with Crippen LogP contribution in [0, 0.1) is 11.2 Å². The summed E-state index contributed by atoms with van der Waals surface area (Å²) in [5.41, 5.74) is 0.716. The van der Waals surface area contributed by atoms with Gasteiger partial charge in [0.05, 0.1) is 13.0 Å². The summed E-state index contributed by atoms with van der Waals surface area (Å²) in [6, 6.07) is 10.8. The van der Waals surface area contributed by atoms with E-state index in [1.807, 2.05) is 0 Å². The predicted octanol–water partition coefficient (Wildman–Crippen LogP) is 4.60. The number of piperidine rings is 1. The Bertz CT molecular complexity index is 1060. The fraction of sp³-hybridized carbons (Fsp3) is 0.440. The fourth-order valence-corrected chi connectivity index (χ4v) is 4.78. The molecule has 2 N–H and O–H groups in total. The van der Waals surface area contributed by atoms with Crippen molar-refractivity contribution in [1.82, 2.24) is 10.2 Å². The molecule has 0 saturated carbocycles. The van der Waals surface area contributed by atoms with Crippen molar-refractivity contribution in [2.45, 2.75) is 31.9 Å². The van der Waals surface area contributed by atoms with Crippen molar-refractivity contribution in [3.63, 3.8) is 0 Å². The lowest BCUT2D eigenvalue weighted by atomic mass is 9.73. The van der Waals surface area contributed by atoms with Crippen molar-refractivity contribution in [3.8, 4) is 5.75 Å². The zero-order chi connectivity index (χ0) is 26.3. The number of aliphatic carboxylic acids is 1. The zero-order valence-electron chi connectivity index (χ0n) is 19.4. The number of alkyl halides is 3. The molecule has 0 bridgehead atoms. The second-order valence-electron chi connectivity index (χ2n) is 9.01. The first kappa shape index (κ1) is 27.9. The molecule has 0 spiro atoms. The molecule has 0 aliphatic carbocycles. The monoisotopic (exact) mass is 574 g/mol. The lowest BCUT2D eigenvalue weighted by Crippen LogP contribution is -2.50. The van der Waals surface area contributed by atoms with Crippen molar-refractivity contribution >= 4 is 27.8 Å². The number of halogens is 5. The van der Waals surface area contributed by atoms with E-state index in [4.69, 9.17) is 9.84 Å². The number of nitrogens with zero attached hydrogens (tertiary/aromatic N) is 1. The number of benzene rings is 2. The number of carbonyl (C=O) groups is 2. The summed E-state index contributed by atoms with van der Waals surface area (Å²) in [7, 11) is 0. The van der Waals surface area contributed by atoms with Gasteiger partial charge in [-0.25, -0.2) is 4.39 Å². The minimum absolute atomic E-state index is 0.111. The summed E-state index contributed by atoms with van der Waals surface area (Å²) in [5.74, 6) is -1.41. The highest BCUT2D eigenvalue weighted by atomic mass is 79.9. The van der Waals surface area contributed by atoms with E-state index in [0.717, 1.165) is 5.56 Å². The maximum atomic E-state index is 13.3. The van der Waals surface area contributed by atoms with Crippen LogP contribution in [0.3, 0.4) is 0 Å². The van der Waals surface area contributed by atoms with Gasteiger partial charge >= 0.3 is 12.1 Å². The normalized spacial score (nSPS) is 15.5. The van der Waals surface area contributed by atoms with Crippen LogP contribution < -0.4 is 10.1 Å². The molecule has 1 fully saturated rings. The van der Waals surface area contributed by atoms with Crippen LogP contribution in [0.4, 0.5) is 17.6 Å². The van der Waals surface area contributed by atoms with Gasteiger partial charge in [0.25, 0.3) is 5.91 Å². The number of carbonyl (C=O) groups excluding carboxylic acids is 1. The number of likely N-dealkylation sites (tertiary alicyclic amines) is 1. The van der Waals surface area contributed by atoms with Gasteiger partial charge in [0, 0.05) is 29.7 Å². The molecular weight excluding hydrogens is 548 g/mol. The molecule has 11 heteroatoms. The van der Waals surface area contributed by atoms with Gasteiger partial charge in [-0.15, -0.1) is 0 Å². The molecule has 3 rings (SSSR count). The minimum atomic E-state index is -4.34. The molecule has 6 nitrogen and oxygen atoms in total. The second-order valence-corrected chi connectivity index (χ2v) is 9.93. The molecule has 1 aliphatic rings. The van der Waals surface area contributed by atoms with Crippen LogP contribution >= 0.6 is 15.9 Å². The van der Waals surface area contributed by atoms with Crippen molar-refractivity contribution in [2.24, 2.45) is 5.41 Å². The van der Waals surface area contributed by atoms with Gasteiger partial charge < -0.3 is 20.1 Å². The molecule has 0 unspecified atom stereocenters. The van der Waals surface area contributed by atoms with Crippen LogP contribution in [0.15, 0.2) is 46.9 Å². The highest BCUT2D eigenvalue weighted by Crippen LogP contribution is 2.35. The molecule has 1 amide bonds. The van der Waals surface area contributed by atoms with Crippen molar-refractivity contribution in [2.75, 3.05) is 32.8 Å². The van der Waals surface area contributed by atoms with Crippen LogP contribution in [-0.4, -0.2) is 60.8 Å². The molecule has 2 aromatic carbocycles. The van der Waals surface area contributed by atoms with Gasteiger partial charge in [-0.3, -0.25) is 9.59 Å². The number of carboxylic acids is 1. The second kappa shape index (κ2) is 12.1. The van der Waals surface area contributed by atoms with Crippen molar-refractivity contribution < 1.29 is 37.0 Å². The first-order valence-corrected chi connectivity index (χ1v) is 12.2. The molecule has 0 radical (unpaired) electrons. The van der Waals surface area contributed by atoms with E-state index in [1.54, 1.807) is 35.2 Å². The average molecular weight is 575 g/mol. The Hall–Kier alpha value is -2.66. The molecule has 1 heterocycles. The van der Waals surface area contributed by atoms with Gasteiger partial charge in [-0.1, -0.05) is 28.1 Å². The Morgan fingerprint density at radius 2 is 1.78 bits per heavy atom. The Labute approximate surface area is 214 Å². The average Bonchev–Trinajstić information content (AvgIpc) is 2.79. The topological polar surface area (TPSA) is 78.9 Å². The Morgan fingerprint density at radius 3 is 2.39 bits per heavy atom. The van der Waals surface area contributed by atoms with E-state index in [2.05, 4.69) is 21.2 Å². The first-order chi connectivity index (χ1) is 16.9. The smallest absolute Gasteiger partial charge is 0.401 e. The zero-order valence-corrected chi connectivity index (χ0v) is 21.0. The molecule has 0 atom stereocenters. The lowest BCUT2D eigenvalue weighted by molar-refractivity contribution is -0.136. The number of rotatable bonds is 10. The highest BCUT2D eigenvalue weighted by Gasteiger charge is 2.37. The van der Waals surface area contributed by atoms with E-state index in [9.17, 15) is 27.2 Å². The Balaban J connectivity index is 1.62. The van der Waals surface area contributed by atoms with E-state index >= 15 is 0 Å². The number of amides is 1. The van der Waals surface area contributed by atoms with Gasteiger partial charge in [0.15, 0.2) is 6.61 Å². The SMILES string of the molecule is O=C(O)Cc1cc(Br)ccc1OCC(=O)N1CCC(CNCC(F)(F)F)(Cc2ccc(F)cc2)CC1. The van der Waals surface area contributed by atoms with E-state index in [0.29, 0.717) is 48.1 Å². The number of ether oxygens (including phenoxy) is 1. The summed E-state index contributed by atoms with van der Waals surface area (Å²) < 4.78 is 57.8. The maximum Gasteiger partial charge on any atom is 0.401 e. The maximum absolute atomic E-state index is 13.3. The quantitative estimate of drug-likeness (QED) is 0.406. The van der Waals surface area contributed by atoms with Crippen LogP contribution in [0.1, 0.15) is 24.0 Å². The van der Waals surface area contributed by atoms with Gasteiger partial charge in [-0.2, -0.15) is 13.2 Å². The first-order valence-electron chi connectivity index (χ1n) is 11.4. The largest absolute Gasteiger partial charge is 0.483 e. The predicted molar refractivity (Wildman–Crippen MR) is 128 cm³/mol. The molecule has 36 heavy (non-hydrogen) atoms. The summed E-state index contributed by atoms with van der Waals surface area (Å²) >= 11 is 3.29. The third-order valence-corrected chi connectivity index (χ3v) is 6.70. The summed E-state index contributed by atoms with van der Waals surface area (Å²) in [6.45, 7) is -0.620. The molecule has 2 aromatic rings. The summed E-state index contributed by atoms with van der Waals surface area (Å²) in [5, 5.41) is 11.6. The molecule has 1 saturated heterocycles. The molecule has 1 aliphatic heterocycles. The van der Waals surface area contributed by atoms with Crippen molar-refractivity contribution in [1.29, 1.82) is 0 Å². The van der Waals surface area contributed by atoms with E-state index in [1.165, 1.54) is 12.1 Å². The van der Waals surface area contributed by atoms with E-state index < -0.39 is 24.1 Å². The minimum Gasteiger partial charge on any atom is -0.483 e. The summed E-state index contributed by atoms with van der Waals surface area (Å²) in [6.07, 6.45) is -3.22. The van der Waals surface area contributed by atoms with Crippen LogP contribution in [0.2, 0.25) is 0 Å². The fourth-order valence-electron chi connectivity index (χ4n) is 4.37. The number of hydrogen-bond donors (Lipinski definition) is 2. The Kier molecular flexibility index (Phi) is 9.35. The van der Waals surface area contributed by atoms with Crippen LogP contribution in [-0.2, 0) is 22.4 Å². The van der Waals surface area contributed by atoms with Crippen molar-refractivity contribution in [3.05, 3.63) is 63.9 Å². The third-order valence-electron chi connectivity index (χ3n) is 6.21. The van der Waals surface area contributed by atoms with Crippen LogP contribution in [0.25, 0.3) is 0 Å². The highest BCUT2D eigenvalue weighted by molar-refractivity contribution is 9.10. The standard InChI is InChI=1S/C25H27BrF4N2O4/c26-19-3-6-21(18(11-19)12-23(34)35)36-14-22(33)32-9-7-24(8-10-32,15-31-16-25(28,29)30)13-17-1-4-20(27)5-2-17/h1-6,11,31H,7-10,12-16H2,(H,34,35). The van der Waals surface area contributed by atoms with E-state index in [-0.39, 0.29) is 31.3 Å². The Morgan fingerprint density at radius 1 is 1.11 bits per heavy atom. The van der Waals surface area contributed by atoms with Gasteiger partial charge in [0.1, 0.15) is 11.6 Å². The van der Waals surface area contributed by atoms with Gasteiger partial charge in [0.2, 0.25) is 0 Å². The lowest BCUT2D eigenvalue weighted by Gasteiger charge is -2.42. The third kappa shape index (κ3) is 8.48. The van der Waals surface area contributed by atoms with Crippen LogP contribution in [0.5, 0.6) is 5.75 Å². The number of nitrogens with one attached hydrogen (secondary N) is 1. The molecule has 0 aromatic heterocycles. The number of hydrogen-bond acceptors (Lipinski definition) is 4. The number of carboxylic acid groups (broad SMARTS) is 1. The van der Waals surface area contributed by atoms with Gasteiger partial charge in [-0.05, 0) is 60.6 Å². The summed E-state index contributed by atoms with van der Waals surface area (Å²) in [4.78, 5) is 25.5. The molecule has 196 valence electrons.